The van der Waals surface area contributed by atoms with Gasteiger partial charge in [0, 0.05) is 24.2 Å². The minimum Gasteiger partial charge on any atom is -0.326 e. The number of benzene rings is 1. The third-order valence-electron chi connectivity index (χ3n) is 3.61. The van der Waals surface area contributed by atoms with Gasteiger partial charge in [-0.15, -0.1) is 0 Å². The smallest absolute Gasteiger partial charge is 0.271 e. The van der Waals surface area contributed by atoms with Crippen molar-refractivity contribution in [2.24, 2.45) is 11.7 Å². The Morgan fingerprint density at radius 3 is 2.48 bits per heavy atom. The maximum Gasteiger partial charge on any atom is 0.271 e. The Hall–Kier alpha value is -1.94. The van der Waals surface area contributed by atoms with Gasteiger partial charge in [0.1, 0.15) is 0 Å². The van der Waals surface area contributed by atoms with Crippen LogP contribution >= 0.6 is 0 Å². The molecule has 0 unspecified atom stereocenters. The second-order valence-corrected chi connectivity index (χ2v) is 5.94. The number of hydrogen-bond donors (Lipinski definition) is 1. The maximum absolute atomic E-state index is 12.3. The van der Waals surface area contributed by atoms with E-state index in [0.29, 0.717) is 18.0 Å². The Labute approximate surface area is 125 Å². The van der Waals surface area contributed by atoms with Gasteiger partial charge in [0.25, 0.3) is 5.56 Å². The van der Waals surface area contributed by atoms with E-state index in [0.717, 1.165) is 11.3 Å². The highest BCUT2D eigenvalue weighted by molar-refractivity contribution is 5.61. The first-order valence-electron chi connectivity index (χ1n) is 7.31. The Balaban J connectivity index is 2.57. The maximum atomic E-state index is 12.3. The molecule has 0 saturated heterocycles. The van der Waals surface area contributed by atoms with Crippen LogP contribution in [0, 0.1) is 19.8 Å². The molecule has 0 atom stereocenters. The fourth-order valence-corrected chi connectivity index (χ4v) is 2.25. The van der Waals surface area contributed by atoms with Gasteiger partial charge in [0.05, 0.1) is 5.69 Å². The fourth-order valence-electron chi connectivity index (χ4n) is 2.25. The van der Waals surface area contributed by atoms with E-state index in [-0.39, 0.29) is 12.1 Å². The summed E-state index contributed by atoms with van der Waals surface area (Å²) < 4.78 is 1.54. The van der Waals surface area contributed by atoms with Crippen molar-refractivity contribution in [3.8, 4) is 11.3 Å². The molecule has 0 aliphatic carbocycles. The average molecular weight is 285 g/mol. The van der Waals surface area contributed by atoms with Crippen molar-refractivity contribution in [1.29, 1.82) is 0 Å². The largest absolute Gasteiger partial charge is 0.326 e. The summed E-state index contributed by atoms with van der Waals surface area (Å²) in [6.07, 6.45) is 0. The molecule has 1 aromatic carbocycles. The van der Waals surface area contributed by atoms with Crippen molar-refractivity contribution in [3.63, 3.8) is 0 Å². The van der Waals surface area contributed by atoms with Gasteiger partial charge >= 0.3 is 0 Å². The zero-order valence-electron chi connectivity index (χ0n) is 13.2. The van der Waals surface area contributed by atoms with E-state index in [1.165, 1.54) is 15.8 Å². The molecule has 2 N–H and O–H groups in total. The standard InChI is InChI=1S/C17H23N3O/c1-11(2)10-20-17(21)15(9-18)8-16(19-20)14-6-5-12(3)13(4)7-14/h5-8,11H,9-10,18H2,1-4H3. The number of aromatic nitrogens is 2. The van der Waals surface area contributed by atoms with Crippen LogP contribution in [-0.2, 0) is 13.1 Å². The van der Waals surface area contributed by atoms with Gasteiger partial charge in [-0.05, 0) is 43.0 Å². The summed E-state index contributed by atoms with van der Waals surface area (Å²) in [5.74, 6) is 0.357. The van der Waals surface area contributed by atoms with Gasteiger partial charge in [-0.1, -0.05) is 26.0 Å². The molecule has 0 spiro atoms. The first kappa shape index (κ1) is 15.4. The van der Waals surface area contributed by atoms with E-state index in [4.69, 9.17) is 5.73 Å². The highest BCUT2D eigenvalue weighted by Gasteiger charge is 2.10. The van der Waals surface area contributed by atoms with E-state index in [1.807, 2.05) is 12.1 Å². The molecule has 4 heteroatoms. The lowest BCUT2D eigenvalue weighted by Crippen LogP contribution is -2.29. The molecule has 0 bridgehead atoms. The topological polar surface area (TPSA) is 60.9 Å². The Morgan fingerprint density at radius 2 is 1.90 bits per heavy atom. The van der Waals surface area contributed by atoms with Crippen molar-refractivity contribution in [3.05, 3.63) is 51.3 Å². The normalized spacial score (nSPS) is 11.1. The number of rotatable bonds is 4. The lowest BCUT2D eigenvalue weighted by molar-refractivity contribution is 0.462. The molecule has 0 aliphatic heterocycles. The Kier molecular flexibility index (Phi) is 4.58. The van der Waals surface area contributed by atoms with Gasteiger partial charge in [-0.25, -0.2) is 4.68 Å². The highest BCUT2D eigenvalue weighted by atomic mass is 16.1. The van der Waals surface area contributed by atoms with Crippen LogP contribution in [0.1, 0.15) is 30.5 Å². The summed E-state index contributed by atoms with van der Waals surface area (Å²) in [5, 5.41) is 4.51. The van der Waals surface area contributed by atoms with Crippen LogP contribution in [0.25, 0.3) is 11.3 Å². The monoisotopic (exact) mass is 285 g/mol. The number of aryl methyl sites for hydroxylation is 2. The summed E-state index contributed by atoms with van der Waals surface area (Å²) in [5.41, 5.74) is 10.5. The molecular formula is C17H23N3O. The van der Waals surface area contributed by atoms with Gasteiger partial charge in [-0.2, -0.15) is 5.10 Å². The molecular weight excluding hydrogens is 262 g/mol. The highest BCUT2D eigenvalue weighted by Crippen LogP contribution is 2.20. The Bertz CT molecular complexity index is 702. The van der Waals surface area contributed by atoms with Crippen molar-refractivity contribution in [2.45, 2.75) is 40.8 Å². The molecule has 112 valence electrons. The van der Waals surface area contributed by atoms with Crippen molar-refractivity contribution >= 4 is 0 Å². The van der Waals surface area contributed by atoms with Gasteiger partial charge in [0.2, 0.25) is 0 Å². The minimum absolute atomic E-state index is 0.0845. The van der Waals surface area contributed by atoms with Gasteiger partial charge < -0.3 is 5.73 Å². The summed E-state index contributed by atoms with van der Waals surface area (Å²) in [4.78, 5) is 12.3. The number of nitrogens with two attached hydrogens (primary N) is 1. The van der Waals surface area contributed by atoms with Crippen LogP contribution in [-0.4, -0.2) is 9.78 Å². The van der Waals surface area contributed by atoms with E-state index in [1.54, 1.807) is 0 Å². The molecule has 2 rings (SSSR count). The molecule has 4 nitrogen and oxygen atoms in total. The second kappa shape index (κ2) is 6.22. The third kappa shape index (κ3) is 3.39. The molecule has 0 aliphatic rings. The molecule has 0 amide bonds. The summed E-state index contributed by atoms with van der Waals surface area (Å²) in [6, 6.07) is 8.02. The molecule has 1 heterocycles. The zero-order chi connectivity index (χ0) is 15.6. The van der Waals surface area contributed by atoms with Crippen LogP contribution in [0.3, 0.4) is 0 Å². The molecule has 1 aromatic heterocycles. The quantitative estimate of drug-likeness (QED) is 0.939. The van der Waals surface area contributed by atoms with Crippen LogP contribution in [0.2, 0.25) is 0 Å². The lowest BCUT2D eigenvalue weighted by atomic mass is 10.0. The molecule has 2 aromatic rings. The number of hydrogen-bond acceptors (Lipinski definition) is 3. The van der Waals surface area contributed by atoms with Gasteiger partial charge in [0.15, 0.2) is 0 Å². The molecule has 0 fully saturated rings. The van der Waals surface area contributed by atoms with Crippen molar-refractivity contribution < 1.29 is 0 Å². The van der Waals surface area contributed by atoms with E-state index in [9.17, 15) is 4.79 Å². The molecule has 21 heavy (non-hydrogen) atoms. The summed E-state index contributed by atoms with van der Waals surface area (Å²) in [6.45, 7) is 9.13. The third-order valence-corrected chi connectivity index (χ3v) is 3.61. The van der Waals surface area contributed by atoms with Crippen LogP contribution in [0.4, 0.5) is 0 Å². The Morgan fingerprint density at radius 1 is 1.19 bits per heavy atom. The minimum atomic E-state index is -0.0845. The van der Waals surface area contributed by atoms with E-state index >= 15 is 0 Å². The first-order valence-corrected chi connectivity index (χ1v) is 7.31. The van der Waals surface area contributed by atoms with E-state index in [2.05, 4.69) is 44.9 Å². The van der Waals surface area contributed by atoms with Crippen LogP contribution in [0.15, 0.2) is 29.1 Å². The fraction of sp³-hybridized carbons (Fsp3) is 0.412. The van der Waals surface area contributed by atoms with Crippen molar-refractivity contribution in [2.75, 3.05) is 0 Å². The van der Waals surface area contributed by atoms with Gasteiger partial charge in [-0.3, -0.25) is 4.79 Å². The lowest BCUT2D eigenvalue weighted by Gasteiger charge is -2.12. The van der Waals surface area contributed by atoms with Crippen molar-refractivity contribution in [1.82, 2.24) is 9.78 Å². The summed E-state index contributed by atoms with van der Waals surface area (Å²) >= 11 is 0. The average Bonchev–Trinajstić information content (AvgIpc) is 2.43. The predicted molar refractivity (Wildman–Crippen MR) is 86.1 cm³/mol. The number of nitrogens with zero attached hydrogens (tertiary/aromatic N) is 2. The molecule has 0 radical (unpaired) electrons. The SMILES string of the molecule is Cc1ccc(-c2cc(CN)c(=O)n(CC(C)C)n2)cc1C. The van der Waals surface area contributed by atoms with Crippen LogP contribution < -0.4 is 11.3 Å². The predicted octanol–water partition coefficient (Wildman–Crippen LogP) is 2.64. The first-order chi connectivity index (χ1) is 9.92. The summed E-state index contributed by atoms with van der Waals surface area (Å²) in [7, 11) is 0. The van der Waals surface area contributed by atoms with Crippen LogP contribution in [0.5, 0.6) is 0 Å². The molecule has 0 saturated carbocycles. The zero-order valence-corrected chi connectivity index (χ0v) is 13.2. The van der Waals surface area contributed by atoms with E-state index < -0.39 is 0 Å². The second-order valence-electron chi connectivity index (χ2n) is 5.94.